The zero-order valence-electron chi connectivity index (χ0n) is 11.7. The SMILES string of the molecule is CCNC(CCN(CC)CC)C1=COCCC1. The molecule has 0 fully saturated rings. The molecule has 0 aromatic heterocycles. The molecule has 1 heterocycles. The summed E-state index contributed by atoms with van der Waals surface area (Å²) in [5.41, 5.74) is 1.45. The van der Waals surface area contributed by atoms with E-state index in [1.165, 1.54) is 31.4 Å². The fourth-order valence-electron chi connectivity index (χ4n) is 2.36. The molecule has 1 aliphatic rings. The van der Waals surface area contributed by atoms with Gasteiger partial charge < -0.3 is 15.0 Å². The Bertz CT molecular complexity index is 224. The van der Waals surface area contributed by atoms with Crippen LogP contribution in [0.15, 0.2) is 11.8 Å². The number of nitrogens with zero attached hydrogens (tertiary/aromatic N) is 1. The number of ether oxygens (including phenoxy) is 1. The van der Waals surface area contributed by atoms with Crippen molar-refractivity contribution in [3.05, 3.63) is 11.8 Å². The van der Waals surface area contributed by atoms with Crippen molar-refractivity contribution in [1.82, 2.24) is 10.2 Å². The molecule has 0 radical (unpaired) electrons. The highest BCUT2D eigenvalue weighted by Gasteiger charge is 2.16. The van der Waals surface area contributed by atoms with Gasteiger partial charge in [-0.1, -0.05) is 20.8 Å². The molecular formula is C14H28N2O. The second kappa shape index (κ2) is 8.54. The van der Waals surface area contributed by atoms with Gasteiger partial charge in [0.2, 0.25) is 0 Å². The Balaban J connectivity index is 2.44. The summed E-state index contributed by atoms with van der Waals surface area (Å²) in [7, 11) is 0. The van der Waals surface area contributed by atoms with Crippen LogP contribution in [0.25, 0.3) is 0 Å². The molecule has 0 spiro atoms. The maximum absolute atomic E-state index is 5.45. The summed E-state index contributed by atoms with van der Waals surface area (Å²) < 4.78 is 5.45. The van der Waals surface area contributed by atoms with E-state index in [0.29, 0.717) is 6.04 Å². The summed E-state index contributed by atoms with van der Waals surface area (Å²) in [6.07, 6.45) is 5.53. The molecule has 1 N–H and O–H groups in total. The van der Waals surface area contributed by atoms with E-state index in [0.717, 1.165) is 26.2 Å². The van der Waals surface area contributed by atoms with E-state index in [2.05, 4.69) is 31.0 Å². The molecule has 0 saturated heterocycles. The van der Waals surface area contributed by atoms with Gasteiger partial charge in [-0.05, 0) is 51.0 Å². The molecule has 100 valence electrons. The molecule has 0 amide bonds. The standard InChI is InChI=1S/C14H28N2O/c1-4-15-14(9-10-16(5-2)6-3)13-8-7-11-17-12-13/h12,14-15H,4-11H2,1-3H3. The molecular weight excluding hydrogens is 212 g/mol. The molecule has 3 nitrogen and oxygen atoms in total. The minimum Gasteiger partial charge on any atom is -0.501 e. The Hall–Kier alpha value is -0.540. The van der Waals surface area contributed by atoms with Gasteiger partial charge in [0.1, 0.15) is 0 Å². The number of rotatable bonds is 8. The lowest BCUT2D eigenvalue weighted by atomic mass is 9.99. The molecule has 0 aliphatic carbocycles. The normalized spacial score (nSPS) is 17.8. The third-order valence-electron chi connectivity index (χ3n) is 3.49. The van der Waals surface area contributed by atoms with Crippen LogP contribution in [-0.2, 0) is 4.74 Å². The first-order chi connectivity index (χ1) is 8.31. The third-order valence-corrected chi connectivity index (χ3v) is 3.49. The Morgan fingerprint density at radius 2 is 2.12 bits per heavy atom. The fraction of sp³-hybridized carbons (Fsp3) is 0.857. The summed E-state index contributed by atoms with van der Waals surface area (Å²) in [6.45, 7) is 12.0. The average Bonchev–Trinajstić information content (AvgIpc) is 2.39. The summed E-state index contributed by atoms with van der Waals surface area (Å²) in [6, 6.07) is 0.501. The van der Waals surface area contributed by atoms with Gasteiger partial charge in [-0.2, -0.15) is 0 Å². The average molecular weight is 240 g/mol. The molecule has 17 heavy (non-hydrogen) atoms. The van der Waals surface area contributed by atoms with Crippen LogP contribution >= 0.6 is 0 Å². The van der Waals surface area contributed by atoms with Crippen LogP contribution in [0.1, 0.15) is 40.0 Å². The lowest BCUT2D eigenvalue weighted by Crippen LogP contribution is -2.36. The van der Waals surface area contributed by atoms with Crippen LogP contribution in [-0.4, -0.2) is 43.7 Å². The number of hydrogen-bond acceptors (Lipinski definition) is 3. The number of hydrogen-bond donors (Lipinski definition) is 1. The van der Waals surface area contributed by atoms with Gasteiger partial charge in [0.25, 0.3) is 0 Å². The van der Waals surface area contributed by atoms with Crippen LogP contribution in [0.2, 0.25) is 0 Å². The minimum absolute atomic E-state index is 0.501. The topological polar surface area (TPSA) is 24.5 Å². The smallest absolute Gasteiger partial charge is 0.0876 e. The van der Waals surface area contributed by atoms with E-state index in [4.69, 9.17) is 4.74 Å². The predicted molar refractivity (Wildman–Crippen MR) is 73.1 cm³/mol. The summed E-state index contributed by atoms with van der Waals surface area (Å²) >= 11 is 0. The number of likely N-dealkylation sites (N-methyl/N-ethyl adjacent to an activating group) is 1. The van der Waals surface area contributed by atoms with Crippen molar-refractivity contribution in [2.45, 2.75) is 46.1 Å². The number of nitrogens with one attached hydrogen (secondary N) is 1. The van der Waals surface area contributed by atoms with Gasteiger partial charge in [0.15, 0.2) is 0 Å². The molecule has 1 atom stereocenters. The van der Waals surface area contributed by atoms with Crippen molar-refractivity contribution in [2.24, 2.45) is 0 Å². The van der Waals surface area contributed by atoms with Gasteiger partial charge in [-0.3, -0.25) is 0 Å². The van der Waals surface area contributed by atoms with E-state index in [1.807, 2.05) is 6.26 Å². The van der Waals surface area contributed by atoms with E-state index >= 15 is 0 Å². The molecule has 0 saturated carbocycles. The van der Waals surface area contributed by atoms with Crippen LogP contribution in [0.5, 0.6) is 0 Å². The Morgan fingerprint density at radius 3 is 2.65 bits per heavy atom. The lowest BCUT2D eigenvalue weighted by Gasteiger charge is -2.26. The van der Waals surface area contributed by atoms with Gasteiger partial charge in [-0.15, -0.1) is 0 Å². The van der Waals surface area contributed by atoms with Crippen LogP contribution in [0.4, 0.5) is 0 Å². The van der Waals surface area contributed by atoms with Crippen LogP contribution < -0.4 is 5.32 Å². The molecule has 0 aromatic carbocycles. The first-order valence-corrected chi connectivity index (χ1v) is 7.08. The fourth-order valence-corrected chi connectivity index (χ4v) is 2.36. The van der Waals surface area contributed by atoms with Crippen LogP contribution in [0, 0.1) is 0 Å². The summed E-state index contributed by atoms with van der Waals surface area (Å²) in [5.74, 6) is 0. The van der Waals surface area contributed by atoms with Crippen molar-refractivity contribution in [3.8, 4) is 0 Å². The van der Waals surface area contributed by atoms with Crippen LogP contribution in [0.3, 0.4) is 0 Å². The lowest BCUT2D eigenvalue weighted by molar-refractivity contribution is 0.216. The van der Waals surface area contributed by atoms with Crippen molar-refractivity contribution in [3.63, 3.8) is 0 Å². The predicted octanol–water partition coefficient (Wildman–Crippen LogP) is 2.39. The Morgan fingerprint density at radius 1 is 1.35 bits per heavy atom. The first kappa shape index (κ1) is 14.5. The molecule has 0 bridgehead atoms. The second-order valence-electron chi connectivity index (χ2n) is 4.59. The first-order valence-electron chi connectivity index (χ1n) is 7.08. The Kier molecular flexibility index (Phi) is 7.29. The highest BCUT2D eigenvalue weighted by molar-refractivity contribution is 5.10. The van der Waals surface area contributed by atoms with Gasteiger partial charge >= 0.3 is 0 Å². The maximum Gasteiger partial charge on any atom is 0.0876 e. The van der Waals surface area contributed by atoms with E-state index < -0.39 is 0 Å². The summed E-state index contributed by atoms with van der Waals surface area (Å²) in [4.78, 5) is 2.48. The summed E-state index contributed by atoms with van der Waals surface area (Å²) in [5, 5.41) is 3.58. The molecule has 3 heteroatoms. The van der Waals surface area contributed by atoms with E-state index in [1.54, 1.807) is 0 Å². The van der Waals surface area contributed by atoms with Gasteiger partial charge in [0.05, 0.1) is 12.9 Å². The quantitative estimate of drug-likeness (QED) is 0.705. The zero-order chi connectivity index (χ0) is 12.5. The van der Waals surface area contributed by atoms with E-state index in [-0.39, 0.29) is 0 Å². The van der Waals surface area contributed by atoms with E-state index in [9.17, 15) is 0 Å². The molecule has 0 aromatic rings. The zero-order valence-corrected chi connectivity index (χ0v) is 11.7. The maximum atomic E-state index is 5.45. The molecule has 1 unspecified atom stereocenters. The highest BCUT2D eigenvalue weighted by Crippen LogP contribution is 2.18. The van der Waals surface area contributed by atoms with Gasteiger partial charge in [-0.25, -0.2) is 0 Å². The van der Waals surface area contributed by atoms with Gasteiger partial charge in [0, 0.05) is 6.04 Å². The largest absolute Gasteiger partial charge is 0.501 e. The highest BCUT2D eigenvalue weighted by atomic mass is 16.5. The monoisotopic (exact) mass is 240 g/mol. The van der Waals surface area contributed by atoms with Crippen molar-refractivity contribution in [2.75, 3.05) is 32.8 Å². The molecule has 1 rings (SSSR count). The minimum atomic E-state index is 0.501. The van der Waals surface area contributed by atoms with Crippen molar-refractivity contribution in [1.29, 1.82) is 0 Å². The molecule has 1 aliphatic heterocycles. The van der Waals surface area contributed by atoms with Crippen molar-refractivity contribution < 1.29 is 4.74 Å². The Labute approximate surface area is 106 Å². The third kappa shape index (κ3) is 5.09. The van der Waals surface area contributed by atoms with Crippen molar-refractivity contribution >= 4 is 0 Å². The second-order valence-corrected chi connectivity index (χ2v) is 4.59.